The van der Waals surface area contributed by atoms with Crippen LogP contribution < -0.4 is 26.2 Å². The number of nitrogens with zero attached hydrogens (tertiary/aromatic N) is 2. The summed E-state index contributed by atoms with van der Waals surface area (Å²) < 4.78 is 5.32. The molecule has 3 amide bonds. The molecule has 0 saturated carbocycles. The molecule has 2 atom stereocenters. The zero-order valence-electron chi connectivity index (χ0n) is 17.5. The van der Waals surface area contributed by atoms with Crippen LogP contribution in [0.4, 0.5) is 21.9 Å². The molecule has 2 fully saturated rings. The van der Waals surface area contributed by atoms with Crippen molar-refractivity contribution >= 4 is 58.3 Å². The molecule has 1 aromatic rings. The average Bonchev–Trinajstić information content (AvgIpc) is 3.53. The molecule has 2 saturated heterocycles. The van der Waals surface area contributed by atoms with Crippen LogP contribution in [0.25, 0.3) is 0 Å². The highest BCUT2D eigenvalue weighted by molar-refractivity contribution is 8.05. The van der Waals surface area contributed by atoms with Crippen LogP contribution in [0.2, 0.25) is 0 Å². The van der Waals surface area contributed by atoms with Gasteiger partial charge in [-0.05, 0) is 37.5 Å². The summed E-state index contributed by atoms with van der Waals surface area (Å²) in [5.74, 6) is -0.514. The van der Waals surface area contributed by atoms with E-state index in [1.807, 2.05) is 18.2 Å². The fraction of sp³-hybridized carbons (Fsp3) is 0.476. The van der Waals surface area contributed by atoms with Gasteiger partial charge in [-0.2, -0.15) is 0 Å². The largest absolute Gasteiger partial charge is 0.442 e. The maximum absolute atomic E-state index is 12.5. The number of rotatable bonds is 7. The average molecular weight is 480 g/mol. The number of amides is 3. The van der Waals surface area contributed by atoms with Gasteiger partial charge in [-0.15, -0.1) is 23.4 Å². The van der Waals surface area contributed by atoms with Gasteiger partial charge in [0.15, 0.2) is 0 Å². The Morgan fingerprint density at radius 2 is 2.06 bits per heavy atom. The van der Waals surface area contributed by atoms with Gasteiger partial charge in [0.1, 0.15) is 6.10 Å². The van der Waals surface area contributed by atoms with E-state index in [0.717, 1.165) is 31.6 Å². The lowest BCUT2D eigenvalue weighted by Crippen LogP contribution is -2.34. The number of benzene rings is 1. The number of alkyl halides is 1. The molecule has 1 aromatic carbocycles. The third-order valence-corrected chi connectivity index (χ3v) is 7.03. The number of nitrogens with one attached hydrogen (secondary N) is 2. The standard InChI is InChI=1S/C21H26ClN5O4S/c22-18-6-5-17(32-18)20(29)24-11-14-12-27(21(30)31-14)13-3-4-16(26-7-1-2-8-26)15(9-13)25-19(28)10-23/h3-5,9,14,18H,1-2,6-8,10-12,23H2,(H,24,29)(H,25,28). The maximum atomic E-state index is 12.5. The van der Waals surface area contributed by atoms with E-state index in [2.05, 4.69) is 15.5 Å². The van der Waals surface area contributed by atoms with Gasteiger partial charge < -0.3 is 26.0 Å². The smallest absolute Gasteiger partial charge is 0.414 e. The molecule has 0 spiro atoms. The van der Waals surface area contributed by atoms with Crippen LogP contribution >= 0.6 is 23.4 Å². The molecule has 3 aliphatic rings. The summed E-state index contributed by atoms with van der Waals surface area (Å²) in [5.41, 5.74) is 7.61. The molecule has 2 unspecified atom stereocenters. The normalized spacial score (nSPS) is 22.7. The van der Waals surface area contributed by atoms with Crippen LogP contribution in [0.5, 0.6) is 0 Å². The van der Waals surface area contributed by atoms with Crippen molar-refractivity contribution in [2.45, 2.75) is 30.1 Å². The Labute approximate surface area is 195 Å². The van der Waals surface area contributed by atoms with Gasteiger partial charge >= 0.3 is 6.09 Å². The first kappa shape index (κ1) is 22.8. The Morgan fingerprint density at radius 1 is 1.28 bits per heavy atom. The van der Waals surface area contributed by atoms with E-state index in [1.165, 1.54) is 16.7 Å². The molecule has 4 rings (SSSR count). The minimum atomic E-state index is -0.496. The molecule has 0 radical (unpaired) electrons. The molecular formula is C21H26ClN5O4S. The minimum absolute atomic E-state index is 0.118. The molecule has 0 bridgehead atoms. The summed E-state index contributed by atoms with van der Waals surface area (Å²) in [6, 6.07) is 5.51. The number of cyclic esters (lactones) is 1. The number of allylic oxidation sites excluding steroid dienone is 1. The molecule has 9 nitrogen and oxygen atoms in total. The zero-order chi connectivity index (χ0) is 22.7. The molecule has 3 aliphatic heterocycles. The molecule has 172 valence electrons. The Hall–Kier alpha value is -2.43. The number of thioether (sulfide) groups is 1. The minimum Gasteiger partial charge on any atom is -0.442 e. The number of carbonyl (C=O) groups excluding carboxylic acids is 3. The van der Waals surface area contributed by atoms with Crippen LogP contribution in [0, 0.1) is 0 Å². The van der Waals surface area contributed by atoms with E-state index in [1.54, 1.807) is 6.07 Å². The number of anilines is 3. The quantitative estimate of drug-likeness (QED) is 0.513. The van der Waals surface area contributed by atoms with Crippen LogP contribution in [0.1, 0.15) is 19.3 Å². The van der Waals surface area contributed by atoms with Gasteiger partial charge in [-0.3, -0.25) is 14.5 Å². The Morgan fingerprint density at radius 3 is 2.75 bits per heavy atom. The van der Waals surface area contributed by atoms with Crippen LogP contribution in [0.15, 0.2) is 29.2 Å². The number of hydrogen-bond donors (Lipinski definition) is 3. The molecule has 0 aliphatic carbocycles. The van der Waals surface area contributed by atoms with E-state index in [0.29, 0.717) is 22.7 Å². The number of hydrogen-bond acceptors (Lipinski definition) is 7. The van der Waals surface area contributed by atoms with Gasteiger partial charge in [-0.1, -0.05) is 6.08 Å². The number of carbonyl (C=O) groups is 3. The Kier molecular flexibility index (Phi) is 7.12. The second kappa shape index (κ2) is 10.0. The fourth-order valence-corrected chi connectivity index (χ4v) is 5.16. The van der Waals surface area contributed by atoms with Gasteiger partial charge in [0.2, 0.25) is 5.91 Å². The zero-order valence-corrected chi connectivity index (χ0v) is 19.1. The Bertz CT molecular complexity index is 937. The summed E-state index contributed by atoms with van der Waals surface area (Å²) in [6.45, 7) is 2.19. The second-order valence-electron chi connectivity index (χ2n) is 7.81. The van der Waals surface area contributed by atoms with E-state index in [9.17, 15) is 14.4 Å². The summed E-state index contributed by atoms with van der Waals surface area (Å²) in [7, 11) is 0. The van der Waals surface area contributed by atoms with Crippen molar-refractivity contribution in [2.75, 3.05) is 47.8 Å². The van der Waals surface area contributed by atoms with Crippen molar-refractivity contribution < 1.29 is 19.1 Å². The number of halogens is 1. The molecule has 4 N–H and O–H groups in total. The van der Waals surface area contributed by atoms with Crippen molar-refractivity contribution in [3.8, 4) is 0 Å². The van der Waals surface area contributed by atoms with Gasteiger partial charge in [0.25, 0.3) is 5.91 Å². The summed E-state index contributed by atoms with van der Waals surface area (Å²) in [6.07, 6.45) is 3.68. The summed E-state index contributed by atoms with van der Waals surface area (Å²) in [5, 5.41) is 5.64. The molecular weight excluding hydrogens is 454 g/mol. The SMILES string of the molecule is NCC(=O)Nc1cc(N2CC(CNC(=O)C3=CCC(Cl)S3)OC2=O)ccc1N1CCCC1. The first-order valence-electron chi connectivity index (χ1n) is 10.6. The number of nitrogens with two attached hydrogens (primary N) is 1. The monoisotopic (exact) mass is 479 g/mol. The first-order valence-corrected chi connectivity index (χ1v) is 11.9. The predicted octanol–water partition coefficient (Wildman–Crippen LogP) is 2.21. The molecule has 11 heteroatoms. The van der Waals surface area contributed by atoms with E-state index < -0.39 is 12.2 Å². The fourth-order valence-electron chi connectivity index (χ4n) is 3.94. The lowest BCUT2D eigenvalue weighted by atomic mass is 10.2. The lowest BCUT2D eigenvalue weighted by Gasteiger charge is -2.23. The predicted molar refractivity (Wildman–Crippen MR) is 126 cm³/mol. The molecule has 0 aromatic heterocycles. The summed E-state index contributed by atoms with van der Waals surface area (Å²) in [4.78, 5) is 41.0. The third kappa shape index (κ3) is 5.13. The van der Waals surface area contributed by atoms with Gasteiger partial charge in [-0.25, -0.2) is 4.79 Å². The summed E-state index contributed by atoms with van der Waals surface area (Å²) >= 11 is 7.33. The van der Waals surface area contributed by atoms with Crippen LogP contribution in [0.3, 0.4) is 0 Å². The second-order valence-corrected chi connectivity index (χ2v) is 9.84. The van der Waals surface area contributed by atoms with Crippen molar-refractivity contribution in [3.05, 3.63) is 29.2 Å². The highest BCUT2D eigenvalue weighted by Gasteiger charge is 2.33. The lowest BCUT2D eigenvalue weighted by molar-refractivity contribution is -0.117. The van der Waals surface area contributed by atoms with Crippen molar-refractivity contribution in [3.63, 3.8) is 0 Å². The molecule has 3 heterocycles. The maximum Gasteiger partial charge on any atom is 0.414 e. The van der Waals surface area contributed by atoms with Gasteiger partial charge in [0.05, 0.1) is 40.6 Å². The van der Waals surface area contributed by atoms with E-state index in [-0.39, 0.29) is 36.2 Å². The van der Waals surface area contributed by atoms with Crippen molar-refractivity contribution in [2.24, 2.45) is 5.73 Å². The van der Waals surface area contributed by atoms with Crippen molar-refractivity contribution in [1.82, 2.24) is 5.32 Å². The third-order valence-electron chi connectivity index (χ3n) is 5.53. The van der Waals surface area contributed by atoms with Crippen LogP contribution in [-0.2, 0) is 14.3 Å². The molecule has 32 heavy (non-hydrogen) atoms. The van der Waals surface area contributed by atoms with E-state index in [4.69, 9.17) is 22.1 Å². The van der Waals surface area contributed by atoms with Gasteiger partial charge in [0, 0.05) is 18.8 Å². The topological polar surface area (TPSA) is 117 Å². The van der Waals surface area contributed by atoms with Crippen LogP contribution in [-0.4, -0.2) is 61.4 Å². The first-order chi connectivity index (χ1) is 15.4. The number of ether oxygens (including phenoxy) is 1. The Balaban J connectivity index is 1.43. The highest BCUT2D eigenvalue weighted by Crippen LogP contribution is 2.35. The highest BCUT2D eigenvalue weighted by atomic mass is 35.5. The van der Waals surface area contributed by atoms with Crippen molar-refractivity contribution in [1.29, 1.82) is 0 Å². The van der Waals surface area contributed by atoms with E-state index >= 15 is 0 Å².